The third-order valence-corrected chi connectivity index (χ3v) is 3.18. The molecule has 1 unspecified atom stereocenters. The van der Waals surface area contributed by atoms with Crippen LogP contribution in [0.1, 0.15) is 28.8 Å². The van der Waals surface area contributed by atoms with E-state index in [4.69, 9.17) is 16.0 Å². The van der Waals surface area contributed by atoms with Gasteiger partial charge in [0.15, 0.2) is 0 Å². The van der Waals surface area contributed by atoms with E-state index in [0.29, 0.717) is 11.4 Å². The minimum atomic E-state index is -0.577. The summed E-state index contributed by atoms with van der Waals surface area (Å²) in [5, 5.41) is 10.9. The van der Waals surface area contributed by atoms with Gasteiger partial charge in [0.2, 0.25) is 0 Å². The molecule has 3 heteroatoms. The van der Waals surface area contributed by atoms with Crippen molar-refractivity contribution in [3.63, 3.8) is 0 Å². The normalized spacial score (nSPS) is 12.7. The van der Waals surface area contributed by atoms with Gasteiger partial charge in [-0.2, -0.15) is 0 Å². The van der Waals surface area contributed by atoms with Gasteiger partial charge in [-0.05, 0) is 31.5 Å². The van der Waals surface area contributed by atoms with Gasteiger partial charge in [0.25, 0.3) is 0 Å². The maximum Gasteiger partial charge on any atom is 0.106 e. The quantitative estimate of drug-likeness (QED) is 0.898. The fourth-order valence-corrected chi connectivity index (χ4v) is 2.18. The summed E-state index contributed by atoms with van der Waals surface area (Å²) in [4.78, 5) is 0. The number of rotatable bonds is 3. The molecule has 1 N–H and O–H groups in total. The van der Waals surface area contributed by atoms with Crippen molar-refractivity contribution in [2.75, 3.05) is 0 Å². The Balaban J connectivity index is 2.20. The second kappa shape index (κ2) is 4.94. The second-order valence-electron chi connectivity index (χ2n) is 4.18. The van der Waals surface area contributed by atoms with Crippen molar-refractivity contribution in [3.05, 3.63) is 58.0 Å². The molecule has 0 saturated carbocycles. The lowest BCUT2D eigenvalue weighted by atomic mass is 10.0. The Morgan fingerprint density at radius 3 is 2.59 bits per heavy atom. The van der Waals surface area contributed by atoms with Gasteiger partial charge in [-0.3, -0.25) is 0 Å². The van der Waals surface area contributed by atoms with Gasteiger partial charge in [-0.1, -0.05) is 29.8 Å². The molecule has 0 spiro atoms. The van der Waals surface area contributed by atoms with Crippen LogP contribution in [0.15, 0.2) is 34.7 Å². The topological polar surface area (TPSA) is 33.4 Å². The van der Waals surface area contributed by atoms with Crippen LogP contribution < -0.4 is 0 Å². The average molecular weight is 251 g/mol. The molecular formula is C14H15ClO2. The first-order chi connectivity index (χ1) is 8.08. The van der Waals surface area contributed by atoms with E-state index in [1.165, 1.54) is 0 Å². The van der Waals surface area contributed by atoms with Crippen LogP contribution in [0.5, 0.6) is 0 Å². The molecule has 1 heterocycles. The summed E-state index contributed by atoms with van der Waals surface area (Å²) in [5.41, 5.74) is 1.78. The highest BCUT2D eigenvalue weighted by molar-refractivity contribution is 6.31. The summed E-state index contributed by atoms with van der Waals surface area (Å²) in [6.07, 6.45) is -0.0770. The minimum Gasteiger partial charge on any atom is -0.466 e. The first kappa shape index (κ1) is 12.2. The monoisotopic (exact) mass is 250 g/mol. The molecule has 2 aromatic rings. The van der Waals surface area contributed by atoms with E-state index in [-0.39, 0.29) is 0 Å². The molecule has 0 saturated heterocycles. The van der Waals surface area contributed by atoms with Crippen molar-refractivity contribution in [1.82, 2.24) is 0 Å². The number of halogens is 1. The Bertz CT molecular complexity index is 517. The highest BCUT2D eigenvalue weighted by Gasteiger charge is 2.15. The van der Waals surface area contributed by atoms with Gasteiger partial charge in [-0.25, -0.2) is 0 Å². The standard InChI is InChI=1S/C14H15ClO2/c1-9-7-12(10(2)17-9)14(16)8-11-5-3-4-6-13(11)15/h3-7,14,16H,8H2,1-2H3. The van der Waals surface area contributed by atoms with E-state index >= 15 is 0 Å². The summed E-state index contributed by atoms with van der Waals surface area (Å²) in [6, 6.07) is 9.43. The van der Waals surface area contributed by atoms with Gasteiger partial charge in [0.1, 0.15) is 11.5 Å². The molecule has 0 bridgehead atoms. The summed E-state index contributed by atoms with van der Waals surface area (Å²) >= 11 is 6.07. The number of benzene rings is 1. The highest BCUT2D eigenvalue weighted by Crippen LogP contribution is 2.27. The Hall–Kier alpha value is -1.25. The third kappa shape index (κ3) is 2.71. The second-order valence-corrected chi connectivity index (χ2v) is 4.59. The molecule has 17 heavy (non-hydrogen) atoms. The largest absolute Gasteiger partial charge is 0.466 e. The zero-order chi connectivity index (χ0) is 12.4. The predicted molar refractivity (Wildman–Crippen MR) is 68.3 cm³/mol. The molecular weight excluding hydrogens is 236 g/mol. The van der Waals surface area contributed by atoms with E-state index < -0.39 is 6.10 Å². The molecule has 2 nitrogen and oxygen atoms in total. The zero-order valence-electron chi connectivity index (χ0n) is 9.90. The fourth-order valence-electron chi connectivity index (χ4n) is 1.96. The average Bonchev–Trinajstić information content (AvgIpc) is 2.61. The van der Waals surface area contributed by atoms with Gasteiger partial charge in [0, 0.05) is 17.0 Å². The van der Waals surface area contributed by atoms with E-state index in [9.17, 15) is 5.11 Å². The number of aliphatic hydroxyl groups excluding tert-OH is 1. The molecule has 0 amide bonds. The van der Waals surface area contributed by atoms with E-state index in [0.717, 1.165) is 22.6 Å². The molecule has 0 fully saturated rings. The lowest BCUT2D eigenvalue weighted by Crippen LogP contribution is -2.02. The SMILES string of the molecule is Cc1cc(C(O)Cc2ccccc2Cl)c(C)o1. The number of hydrogen-bond acceptors (Lipinski definition) is 2. The molecule has 0 radical (unpaired) electrons. The van der Waals surface area contributed by atoms with Crippen LogP contribution in [0, 0.1) is 13.8 Å². The van der Waals surface area contributed by atoms with Crippen LogP contribution in [0.4, 0.5) is 0 Å². The minimum absolute atomic E-state index is 0.499. The van der Waals surface area contributed by atoms with Crippen molar-refractivity contribution in [2.45, 2.75) is 26.4 Å². The van der Waals surface area contributed by atoms with Crippen molar-refractivity contribution in [3.8, 4) is 0 Å². The summed E-state index contributed by atoms with van der Waals surface area (Å²) < 4.78 is 5.41. The smallest absolute Gasteiger partial charge is 0.106 e. The molecule has 0 aliphatic rings. The highest BCUT2D eigenvalue weighted by atomic mass is 35.5. The van der Waals surface area contributed by atoms with E-state index in [2.05, 4.69) is 0 Å². The number of aliphatic hydroxyl groups is 1. The van der Waals surface area contributed by atoms with Crippen molar-refractivity contribution >= 4 is 11.6 Å². The molecule has 2 rings (SSSR count). The van der Waals surface area contributed by atoms with Crippen LogP contribution in [-0.2, 0) is 6.42 Å². The molecule has 1 atom stereocenters. The fraction of sp³-hybridized carbons (Fsp3) is 0.286. The van der Waals surface area contributed by atoms with Crippen molar-refractivity contribution in [1.29, 1.82) is 0 Å². The summed E-state index contributed by atoms with van der Waals surface area (Å²) in [6.45, 7) is 3.73. The van der Waals surface area contributed by atoms with Crippen LogP contribution in [0.2, 0.25) is 5.02 Å². The van der Waals surface area contributed by atoms with Crippen molar-refractivity contribution in [2.24, 2.45) is 0 Å². The van der Waals surface area contributed by atoms with Gasteiger partial charge < -0.3 is 9.52 Å². The summed E-state index contributed by atoms with van der Waals surface area (Å²) in [5.74, 6) is 1.58. The Morgan fingerprint density at radius 2 is 2.00 bits per heavy atom. The number of aryl methyl sites for hydroxylation is 2. The number of furan rings is 1. The molecule has 0 aliphatic carbocycles. The van der Waals surface area contributed by atoms with Gasteiger partial charge in [0.05, 0.1) is 6.10 Å². The molecule has 90 valence electrons. The van der Waals surface area contributed by atoms with Gasteiger partial charge >= 0.3 is 0 Å². The molecule has 1 aromatic carbocycles. The van der Waals surface area contributed by atoms with Gasteiger partial charge in [-0.15, -0.1) is 0 Å². The lowest BCUT2D eigenvalue weighted by molar-refractivity contribution is 0.176. The predicted octanol–water partition coefficient (Wildman–Crippen LogP) is 3.83. The number of hydrogen-bond donors (Lipinski definition) is 1. The van der Waals surface area contributed by atoms with Crippen LogP contribution in [0.3, 0.4) is 0 Å². The van der Waals surface area contributed by atoms with E-state index in [1.807, 2.05) is 44.2 Å². The third-order valence-electron chi connectivity index (χ3n) is 2.81. The molecule has 1 aromatic heterocycles. The van der Waals surface area contributed by atoms with E-state index in [1.54, 1.807) is 0 Å². The Labute approximate surface area is 106 Å². The maximum absolute atomic E-state index is 10.2. The summed E-state index contributed by atoms with van der Waals surface area (Å²) in [7, 11) is 0. The Morgan fingerprint density at radius 1 is 1.29 bits per heavy atom. The Kier molecular flexibility index (Phi) is 3.55. The lowest BCUT2D eigenvalue weighted by Gasteiger charge is -2.10. The zero-order valence-corrected chi connectivity index (χ0v) is 10.7. The van der Waals surface area contributed by atoms with Crippen LogP contribution >= 0.6 is 11.6 Å². The molecule has 0 aliphatic heterocycles. The van der Waals surface area contributed by atoms with Crippen LogP contribution in [-0.4, -0.2) is 5.11 Å². The van der Waals surface area contributed by atoms with Crippen LogP contribution in [0.25, 0.3) is 0 Å². The first-order valence-electron chi connectivity index (χ1n) is 5.56. The van der Waals surface area contributed by atoms with Crippen molar-refractivity contribution < 1.29 is 9.52 Å². The first-order valence-corrected chi connectivity index (χ1v) is 5.94. The maximum atomic E-state index is 10.2.